The highest BCUT2D eigenvalue weighted by Crippen LogP contribution is 1.90. The van der Waals surface area contributed by atoms with E-state index < -0.39 is 24.6 Å². The Bertz CT molecular complexity index is 242. The summed E-state index contributed by atoms with van der Waals surface area (Å²) >= 11 is 0. The van der Waals surface area contributed by atoms with Crippen LogP contribution in [0, 0.1) is 0 Å². The standard InChI is InChI=1S/C9H16N2O4/c1-3-4-6(2)10-9(15)11-7(5-12)8(13)14/h3,6-7,12H,1,4-5H2,2H3,(H,13,14)(H2,10,11,15)/t6?,7-/m1/s1. The smallest absolute Gasteiger partial charge is 0.328 e. The van der Waals surface area contributed by atoms with Crippen molar-refractivity contribution in [3.8, 4) is 0 Å². The highest BCUT2D eigenvalue weighted by Gasteiger charge is 2.18. The zero-order valence-electron chi connectivity index (χ0n) is 8.56. The lowest BCUT2D eigenvalue weighted by Gasteiger charge is -2.15. The first-order valence-corrected chi connectivity index (χ1v) is 4.52. The second-order valence-corrected chi connectivity index (χ2v) is 3.12. The van der Waals surface area contributed by atoms with E-state index in [4.69, 9.17) is 10.2 Å². The van der Waals surface area contributed by atoms with Crippen LogP contribution in [0.25, 0.3) is 0 Å². The van der Waals surface area contributed by atoms with Crippen molar-refractivity contribution in [2.24, 2.45) is 0 Å². The van der Waals surface area contributed by atoms with E-state index >= 15 is 0 Å². The van der Waals surface area contributed by atoms with Crippen molar-refractivity contribution >= 4 is 12.0 Å². The number of aliphatic hydroxyl groups excluding tert-OH is 1. The molecule has 0 saturated carbocycles. The van der Waals surface area contributed by atoms with Gasteiger partial charge in [-0.05, 0) is 13.3 Å². The first-order valence-electron chi connectivity index (χ1n) is 4.52. The zero-order chi connectivity index (χ0) is 11.8. The van der Waals surface area contributed by atoms with Crippen molar-refractivity contribution in [1.29, 1.82) is 0 Å². The molecule has 0 aliphatic carbocycles. The quantitative estimate of drug-likeness (QED) is 0.458. The van der Waals surface area contributed by atoms with Crippen molar-refractivity contribution in [1.82, 2.24) is 10.6 Å². The summed E-state index contributed by atoms with van der Waals surface area (Å²) in [5, 5.41) is 21.8. The van der Waals surface area contributed by atoms with E-state index in [9.17, 15) is 9.59 Å². The van der Waals surface area contributed by atoms with E-state index in [1.165, 1.54) is 0 Å². The summed E-state index contributed by atoms with van der Waals surface area (Å²) in [6.07, 6.45) is 2.23. The van der Waals surface area contributed by atoms with Crippen molar-refractivity contribution in [2.75, 3.05) is 6.61 Å². The number of amides is 2. The minimum Gasteiger partial charge on any atom is -0.480 e. The predicted molar refractivity (Wildman–Crippen MR) is 54.5 cm³/mol. The fraction of sp³-hybridized carbons (Fsp3) is 0.556. The van der Waals surface area contributed by atoms with Crippen molar-refractivity contribution in [3.05, 3.63) is 12.7 Å². The van der Waals surface area contributed by atoms with Gasteiger partial charge in [-0.25, -0.2) is 9.59 Å². The molecule has 0 radical (unpaired) electrons. The summed E-state index contributed by atoms with van der Waals surface area (Å²) in [6.45, 7) is 4.63. The Morgan fingerprint density at radius 2 is 2.07 bits per heavy atom. The predicted octanol–water partition coefficient (Wildman–Crippen LogP) is -0.304. The third-order valence-electron chi connectivity index (χ3n) is 1.68. The number of hydrogen-bond donors (Lipinski definition) is 4. The molecule has 2 amide bonds. The third kappa shape index (κ3) is 5.69. The molecule has 6 nitrogen and oxygen atoms in total. The number of carbonyl (C=O) groups excluding carboxylic acids is 1. The molecule has 2 atom stereocenters. The lowest BCUT2D eigenvalue weighted by Crippen LogP contribution is -2.49. The maximum absolute atomic E-state index is 11.2. The molecule has 1 unspecified atom stereocenters. The molecular weight excluding hydrogens is 200 g/mol. The Hall–Kier alpha value is -1.56. The largest absolute Gasteiger partial charge is 0.480 e. The molecule has 0 saturated heterocycles. The zero-order valence-corrected chi connectivity index (χ0v) is 8.56. The molecule has 0 bridgehead atoms. The molecule has 0 heterocycles. The van der Waals surface area contributed by atoms with Crippen LogP contribution in [0.1, 0.15) is 13.3 Å². The molecule has 86 valence electrons. The summed E-state index contributed by atoms with van der Waals surface area (Å²) in [5.41, 5.74) is 0. The Labute approximate surface area is 88.0 Å². The van der Waals surface area contributed by atoms with Crippen LogP contribution in [0.2, 0.25) is 0 Å². The maximum Gasteiger partial charge on any atom is 0.328 e. The second-order valence-electron chi connectivity index (χ2n) is 3.12. The van der Waals surface area contributed by atoms with Gasteiger partial charge in [0.25, 0.3) is 0 Å². The van der Waals surface area contributed by atoms with E-state index in [2.05, 4.69) is 17.2 Å². The van der Waals surface area contributed by atoms with Gasteiger partial charge in [0.15, 0.2) is 6.04 Å². The summed E-state index contributed by atoms with van der Waals surface area (Å²) in [4.78, 5) is 21.6. The number of urea groups is 1. The van der Waals surface area contributed by atoms with Crippen molar-refractivity contribution in [2.45, 2.75) is 25.4 Å². The Balaban J connectivity index is 4.01. The molecule has 0 fully saturated rings. The fourth-order valence-electron chi connectivity index (χ4n) is 0.918. The van der Waals surface area contributed by atoms with E-state index in [1.54, 1.807) is 13.0 Å². The van der Waals surface area contributed by atoms with Crippen LogP contribution in [-0.4, -0.2) is 40.9 Å². The Kier molecular flexibility index (Phi) is 6.12. The number of carbonyl (C=O) groups is 2. The van der Waals surface area contributed by atoms with Crippen LogP contribution in [0.3, 0.4) is 0 Å². The molecule has 15 heavy (non-hydrogen) atoms. The monoisotopic (exact) mass is 216 g/mol. The molecular formula is C9H16N2O4. The minimum atomic E-state index is -1.28. The summed E-state index contributed by atoms with van der Waals surface area (Å²) < 4.78 is 0. The number of carboxylic acid groups (broad SMARTS) is 1. The molecule has 4 N–H and O–H groups in total. The van der Waals surface area contributed by atoms with Gasteiger partial charge in [0.2, 0.25) is 0 Å². The summed E-state index contributed by atoms with van der Waals surface area (Å²) in [7, 11) is 0. The van der Waals surface area contributed by atoms with Crippen molar-refractivity contribution in [3.63, 3.8) is 0 Å². The topological polar surface area (TPSA) is 98.7 Å². The van der Waals surface area contributed by atoms with E-state index in [0.717, 1.165) is 0 Å². The first kappa shape index (κ1) is 13.4. The first-order chi connectivity index (χ1) is 7.01. The maximum atomic E-state index is 11.2. The number of rotatable bonds is 6. The number of aliphatic carboxylic acids is 1. The second kappa shape index (κ2) is 6.83. The van der Waals surface area contributed by atoms with Crippen molar-refractivity contribution < 1.29 is 19.8 Å². The number of hydrogen-bond acceptors (Lipinski definition) is 3. The Morgan fingerprint density at radius 1 is 1.47 bits per heavy atom. The average Bonchev–Trinajstić information content (AvgIpc) is 2.13. The van der Waals surface area contributed by atoms with Gasteiger partial charge in [-0.2, -0.15) is 0 Å². The van der Waals surface area contributed by atoms with Gasteiger partial charge >= 0.3 is 12.0 Å². The van der Waals surface area contributed by atoms with Gasteiger partial charge in [-0.1, -0.05) is 6.08 Å². The highest BCUT2D eigenvalue weighted by molar-refractivity contribution is 5.82. The highest BCUT2D eigenvalue weighted by atomic mass is 16.4. The van der Waals surface area contributed by atoms with Crippen LogP contribution >= 0.6 is 0 Å². The third-order valence-corrected chi connectivity index (χ3v) is 1.68. The van der Waals surface area contributed by atoms with Crippen LogP contribution < -0.4 is 10.6 Å². The Morgan fingerprint density at radius 3 is 2.47 bits per heavy atom. The molecule has 0 aromatic heterocycles. The van der Waals surface area contributed by atoms with Gasteiger partial charge < -0.3 is 20.8 Å². The molecule has 0 aliphatic heterocycles. The van der Waals surface area contributed by atoms with Gasteiger partial charge in [0, 0.05) is 6.04 Å². The number of carboxylic acids is 1. The summed E-state index contributed by atoms with van der Waals surface area (Å²) in [6, 6.07) is -2.03. The van der Waals surface area contributed by atoms with Crippen LogP contribution in [0.15, 0.2) is 12.7 Å². The van der Waals surface area contributed by atoms with Gasteiger partial charge in [0.05, 0.1) is 6.61 Å². The number of nitrogens with one attached hydrogen (secondary N) is 2. The molecule has 0 aromatic rings. The van der Waals surface area contributed by atoms with Gasteiger partial charge in [-0.3, -0.25) is 0 Å². The molecule has 0 spiro atoms. The van der Waals surface area contributed by atoms with Crippen LogP contribution in [0.5, 0.6) is 0 Å². The molecule has 0 rings (SSSR count). The van der Waals surface area contributed by atoms with E-state index in [1.807, 2.05) is 0 Å². The lowest BCUT2D eigenvalue weighted by molar-refractivity contribution is -0.140. The molecule has 0 aromatic carbocycles. The van der Waals surface area contributed by atoms with Gasteiger partial charge in [-0.15, -0.1) is 6.58 Å². The molecule has 0 aliphatic rings. The normalized spacial score (nSPS) is 13.7. The number of aliphatic hydroxyl groups is 1. The molecule has 6 heteroatoms. The fourth-order valence-corrected chi connectivity index (χ4v) is 0.918. The van der Waals surface area contributed by atoms with E-state index in [0.29, 0.717) is 6.42 Å². The SMILES string of the molecule is C=CCC(C)NC(=O)N[C@H](CO)C(=O)O. The minimum absolute atomic E-state index is 0.129. The summed E-state index contributed by atoms with van der Waals surface area (Å²) in [5.74, 6) is -1.27. The van der Waals surface area contributed by atoms with Crippen LogP contribution in [0.4, 0.5) is 4.79 Å². The lowest BCUT2D eigenvalue weighted by atomic mass is 10.2. The average molecular weight is 216 g/mol. The van der Waals surface area contributed by atoms with E-state index in [-0.39, 0.29) is 6.04 Å². The van der Waals surface area contributed by atoms with Crippen LogP contribution in [-0.2, 0) is 4.79 Å². The van der Waals surface area contributed by atoms with Gasteiger partial charge in [0.1, 0.15) is 0 Å².